The van der Waals surface area contributed by atoms with E-state index in [-0.39, 0.29) is 11.9 Å². The molecule has 2 rings (SSSR count). The molecule has 0 N–H and O–H groups in total. The van der Waals surface area contributed by atoms with E-state index in [2.05, 4.69) is 13.5 Å². The van der Waals surface area contributed by atoms with Gasteiger partial charge in [-0.05, 0) is 38.7 Å². The van der Waals surface area contributed by atoms with Crippen LogP contribution in [-0.4, -0.2) is 28.5 Å². The van der Waals surface area contributed by atoms with E-state index in [0.717, 1.165) is 18.4 Å². The molecule has 1 atom stereocenters. The fraction of sp³-hybridized carbons (Fsp3) is 0.474. The highest BCUT2D eigenvalue weighted by molar-refractivity contribution is 6.03. The molecule has 4 heteroatoms. The summed E-state index contributed by atoms with van der Waals surface area (Å²) in [5.41, 5.74) is 0.827. The molecule has 1 aliphatic rings. The van der Waals surface area contributed by atoms with E-state index in [1.807, 2.05) is 44.2 Å². The SMILES string of the molecule is C=C(CCCC)C(=O)N1C(=O)OC(C)(C)[C@@H]1Cc1ccccc1. The van der Waals surface area contributed by atoms with Crippen LogP contribution in [0.2, 0.25) is 0 Å². The van der Waals surface area contributed by atoms with E-state index >= 15 is 0 Å². The summed E-state index contributed by atoms with van der Waals surface area (Å²) in [6.45, 7) is 9.62. The minimum atomic E-state index is -0.715. The fourth-order valence-electron chi connectivity index (χ4n) is 2.85. The number of hydrogen-bond acceptors (Lipinski definition) is 3. The third kappa shape index (κ3) is 3.81. The Bertz CT molecular complexity index is 592. The van der Waals surface area contributed by atoms with Crippen molar-refractivity contribution in [2.75, 3.05) is 0 Å². The molecule has 0 unspecified atom stereocenters. The van der Waals surface area contributed by atoms with Crippen molar-refractivity contribution < 1.29 is 14.3 Å². The van der Waals surface area contributed by atoms with Gasteiger partial charge in [-0.25, -0.2) is 9.69 Å². The standard InChI is InChI=1S/C19H25NO3/c1-5-6-10-14(2)17(21)20-16(19(3,4)23-18(20)22)13-15-11-8-7-9-12-15/h7-9,11-12,16H,2,5-6,10,13H2,1,3-4H3/t16-/m0/s1. The quantitative estimate of drug-likeness (QED) is 0.742. The maximum absolute atomic E-state index is 12.7. The molecule has 124 valence electrons. The van der Waals surface area contributed by atoms with Crippen molar-refractivity contribution in [2.45, 2.75) is 58.1 Å². The molecule has 1 aromatic carbocycles. The number of benzene rings is 1. The number of rotatable bonds is 6. The lowest BCUT2D eigenvalue weighted by Crippen LogP contribution is -2.46. The number of ether oxygens (including phenoxy) is 1. The topological polar surface area (TPSA) is 46.6 Å². The van der Waals surface area contributed by atoms with Crippen molar-refractivity contribution in [3.63, 3.8) is 0 Å². The van der Waals surface area contributed by atoms with Crippen LogP contribution in [0, 0.1) is 0 Å². The van der Waals surface area contributed by atoms with E-state index < -0.39 is 11.7 Å². The Morgan fingerprint density at radius 1 is 1.30 bits per heavy atom. The van der Waals surface area contributed by atoms with E-state index in [1.165, 1.54) is 4.90 Å². The van der Waals surface area contributed by atoms with Crippen molar-refractivity contribution in [3.05, 3.63) is 48.0 Å². The highest BCUT2D eigenvalue weighted by atomic mass is 16.6. The summed E-state index contributed by atoms with van der Waals surface area (Å²) in [6, 6.07) is 9.50. The largest absolute Gasteiger partial charge is 0.441 e. The first-order valence-electron chi connectivity index (χ1n) is 8.15. The Labute approximate surface area is 138 Å². The minimum Gasteiger partial charge on any atom is -0.441 e. The maximum atomic E-state index is 12.7. The van der Waals surface area contributed by atoms with Crippen LogP contribution in [-0.2, 0) is 16.0 Å². The van der Waals surface area contributed by atoms with E-state index in [4.69, 9.17) is 4.74 Å². The molecule has 0 radical (unpaired) electrons. The number of imide groups is 1. The second kappa shape index (κ2) is 6.99. The van der Waals surface area contributed by atoms with Crippen LogP contribution in [0.1, 0.15) is 45.6 Å². The number of hydrogen-bond donors (Lipinski definition) is 0. The monoisotopic (exact) mass is 315 g/mol. The van der Waals surface area contributed by atoms with Crippen LogP contribution < -0.4 is 0 Å². The van der Waals surface area contributed by atoms with Gasteiger partial charge in [-0.2, -0.15) is 0 Å². The van der Waals surface area contributed by atoms with Crippen molar-refractivity contribution in [3.8, 4) is 0 Å². The zero-order valence-corrected chi connectivity index (χ0v) is 14.2. The lowest BCUT2D eigenvalue weighted by atomic mass is 9.91. The first-order chi connectivity index (χ1) is 10.9. The van der Waals surface area contributed by atoms with Crippen molar-refractivity contribution in [1.82, 2.24) is 4.90 Å². The van der Waals surface area contributed by atoms with Crippen LogP contribution in [0.3, 0.4) is 0 Å². The average Bonchev–Trinajstić information content (AvgIpc) is 2.74. The molecule has 4 nitrogen and oxygen atoms in total. The molecule has 0 aromatic heterocycles. The van der Waals surface area contributed by atoms with Crippen LogP contribution in [0.4, 0.5) is 4.79 Å². The predicted molar refractivity (Wildman–Crippen MR) is 90.0 cm³/mol. The van der Waals surface area contributed by atoms with Gasteiger partial charge in [0, 0.05) is 5.57 Å². The molecule has 1 saturated heterocycles. The van der Waals surface area contributed by atoms with Gasteiger partial charge in [0.1, 0.15) is 5.60 Å². The first kappa shape index (κ1) is 17.3. The van der Waals surface area contributed by atoms with Crippen molar-refractivity contribution in [2.24, 2.45) is 0 Å². The molecule has 1 heterocycles. The van der Waals surface area contributed by atoms with Gasteiger partial charge in [0.2, 0.25) is 0 Å². The molecular weight excluding hydrogens is 290 g/mol. The van der Waals surface area contributed by atoms with E-state index in [0.29, 0.717) is 18.4 Å². The molecule has 0 bridgehead atoms. The lowest BCUT2D eigenvalue weighted by Gasteiger charge is -2.28. The number of carbonyl (C=O) groups is 2. The number of cyclic esters (lactones) is 1. The smallest absolute Gasteiger partial charge is 0.417 e. The third-order valence-corrected chi connectivity index (χ3v) is 4.29. The highest BCUT2D eigenvalue weighted by Gasteiger charge is 2.50. The van der Waals surface area contributed by atoms with Crippen molar-refractivity contribution in [1.29, 1.82) is 0 Å². The highest BCUT2D eigenvalue weighted by Crippen LogP contribution is 2.33. The van der Waals surface area contributed by atoms with Gasteiger partial charge in [-0.15, -0.1) is 0 Å². The summed E-state index contributed by atoms with van der Waals surface area (Å²) in [7, 11) is 0. The Morgan fingerprint density at radius 2 is 1.96 bits per heavy atom. The Morgan fingerprint density at radius 3 is 2.57 bits per heavy atom. The zero-order valence-electron chi connectivity index (χ0n) is 14.2. The molecule has 1 aromatic rings. The second-order valence-electron chi connectivity index (χ2n) is 6.56. The van der Waals surface area contributed by atoms with E-state index in [1.54, 1.807) is 0 Å². The number of carbonyl (C=O) groups excluding carboxylic acids is 2. The van der Waals surface area contributed by atoms with E-state index in [9.17, 15) is 9.59 Å². The summed E-state index contributed by atoms with van der Waals surface area (Å²) in [6.07, 6.45) is 2.48. The normalized spacial score (nSPS) is 19.5. The maximum Gasteiger partial charge on any atom is 0.417 e. The Kier molecular flexibility index (Phi) is 5.24. The molecule has 0 spiro atoms. The summed E-state index contributed by atoms with van der Waals surface area (Å²) >= 11 is 0. The Balaban J connectivity index is 2.22. The minimum absolute atomic E-state index is 0.310. The summed E-state index contributed by atoms with van der Waals surface area (Å²) in [4.78, 5) is 26.2. The number of nitrogens with zero attached hydrogens (tertiary/aromatic N) is 1. The molecule has 1 fully saturated rings. The number of unbranched alkanes of at least 4 members (excludes halogenated alkanes) is 1. The molecule has 0 saturated carbocycles. The van der Waals surface area contributed by atoms with Crippen molar-refractivity contribution >= 4 is 12.0 Å². The summed E-state index contributed by atoms with van der Waals surface area (Å²) in [5.74, 6) is -0.310. The van der Waals surface area contributed by atoms with Gasteiger partial charge in [0.25, 0.3) is 5.91 Å². The number of amides is 2. The van der Waals surface area contributed by atoms with Gasteiger partial charge in [0.15, 0.2) is 0 Å². The van der Waals surface area contributed by atoms with Gasteiger partial charge < -0.3 is 4.74 Å². The molecule has 2 amide bonds. The van der Waals surface area contributed by atoms with Crippen LogP contribution in [0.15, 0.2) is 42.5 Å². The zero-order chi connectivity index (χ0) is 17.0. The third-order valence-electron chi connectivity index (χ3n) is 4.29. The van der Waals surface area contributed by atoms with Gasteiger partial charge in [-0.3, -0.25) is 4.79 Å². The van der Waals surface area contributed by atoms with Gasteiger partial charge in [-0.1, -0.05) is 50.3 Å². The molecule has 23 heavy (non-hydrogen) atoms. The summed E-state index contributed by atoms with van der Waals surface area (Å²) in [5, 5.41) is 0. The Hall–Kier alpha value is -2.10. The average molecular weight is 315 g/mol. The molecular formula is C19H25NO3. The fourth-order valence-corrected chi connectivity index (χ4v) is 2.85. The summed E-state index contributed by atoms with van der Waals surface area (Å²) < 4.78 is 5.45. The van der Waals surface area contributed by atoms with Crippen LogP contribution in [0.25, 0.3) is 0 Å². The second-order valence-corrected chi connectivity index (χ2v) is 6.56. The predicted octanol–water partition coefficient (Wildman–Crippen LogP) is 4.10. The molecule has 1 aliphatic heterocycles. The first-order valence-corrected chi connectivity index (χ1v) is 8.15. The van der Waals surface area contributed by atoms with Crippen LogP contribution >= 0.6 is 0 Å². The van der Waals surface area contributed by atoms with Gasteiger partial charge in [0.05, 0.1) is 6.04 Å². The lowest BCUT2D eigenvalue weighted by molar-refractivity contribution is -0.125. The van der Waals surface area contributed by atoms with Crippen LogP contribution in [0.5, 0.6) is 0 Å². The molecule has 0 aliphatic carbocycles. The van der Waals surface area contributed by atoms with Gasteiger partial charge >= 0.3 is 6.09 Å².